The van der Waals surface area contributed by atoms with E-state index >= 15 is 0 Å². The predicted molar refractivity (Wildman–Crippen MR) is 70.8 cm³/mol. The van der Waals surface area contributed by atoms with Crippen molar-refractivity contribution in [3.8, 4) is 12.3 Å². The number of nitrogen functional groups attached to an aromatic ring is 1. The summed E-state index contributed by atoms with van der Waals surface area (Å²) < 4.78 is 29.8. The second-order valence-electron chi connectivity index (χ2n) is 3.71. The highest BCUT2D eigenvalue weighted by molar-refractivity contribution is 7.89. The van der Waals surface area contributed by atoms with Crippen molar-refractivity contribution < 1.29 is 17.9 Å². The first-order valence-electron chi connectivity index (χ1n) is 5.22. The van der Waals surface area contributed by atoms with E-state index in [1.165, 1.54) is 32.4 Å². The third-order valence-electron chi connectivity index (χ3n) is 2.43. The van der Waals surface area contributed by atoms with E-state index in [-0.39, 0.29) is 22.7 Å². The van der Waals surface area contributed by atoms with Gasteiger partial charge < -0.3 is 10.5 Å². The van der Waals surface area contributed by atoms with E-state index in [0.717, 1.165) is 4.31 Å². The number of carbonyl (C=O) groups excluding carboxylic acids is 1. The number of hydrogen-bond acceptors (Lipinski definition) is 5. The van der Waals surface area contributed by atoms with Crippen LogP contribution in [0.5, 0.6) is 0 Å². The third-order valence-corrected chi connectivity index (χ3v) is 4.31. The standard InChI is InChI=1S/C12H14N2O4S/c1-4-7-14(2)19(16,17)11-6-5-9(8-10(11)13)12(15)18-3/h1,5-6,8H,7,13H2,2-3H3. The highest BCUT2D eigenvalue weighted by atomic mass is 32.2. The molecule has 1 aromatic carbocycles. The van der Waals surface area contributed by atoms with Crippen molar-refractivity contribution in [3.05, 3.63) is 23.8 Å². The Hall–Kier alpha value is -2.04. The van der Waals surface area contributed by atoms with E-state index in [4.69, 9.17) is 12.2 Å². The van der Waals surface area contributed by atoms with Gasteiger partial charge in [0.1, 0.15) is 4.90 Å². The molecule has 0 fully saturated rings. The normalized spacial score (nSPS) is 11.1. The molecule has 0 atom stereocenters. The highest BCUT2D eigenvalue weighted by Gasteiger charge is 2.23. The molecule has 0 unspecified atom stereocenters. The van der Waals surface area contributed by atoms with Crippen LogP contribution in [-0.2, 0) is 14.8 Å². The molecule has 102 valence electrons. The quantitative estimate of drug-likeness (QED) is 0.487. The summed E-state index contributed by atoms with van der Waals surface area (Å²) in [6, 6.07) is 3.84. The molecule has 0 aliphatic carbocycles. The fraction of sp³-hybridized carbons (Fsp3) is 0.250. The Balaban J connectivity index is 3.24. The van der Waals surface area contributed by atoms with Gasteiger partial charge >= 0.3 is 5.97 Å². The topological polar surface area (TPSA) is 89.7 Å². The average Bonchev–Trinajstić information content (AvgIpc) is 2.37. The van der Waals surface area contributed by atoms with E-state index in [1.807, 2.05) is 0 Å². The van der Waals surface area contributed by atoms with Gasteiger partial charge in [0, 0.05) is 7.05 Å². The number of anilines is 1. The second kappa shape index (κ2) is 5.73. The molecule has 19 heavy (non-hydrogen) atoms. The molecule has 0 radical (unpaired) electrons. The summed E-state index contributed by atoms with van der Waals surface area (Å²) >= 11 is 0. The summed E-state index contributed by atoms with van der Waals surface area (Å²) in [5, 5.41) is 0. The fourth-order valence-electron chi connectivity index (χ4n) is 1.41. The zero-order chi connectivity index (χ0) is 14.6. The summed E-state index contributed by atoms with van der Waals surface area (Å²) in [6.07, 6.45) is 5.08. The van der Waals surface area contributed by atoms with Crippen LogP contribution in [0.2, 0.25) is 0 Å². The van der Waals surface area contributed by atoms with E-state index in [9.17, 15) is 13.2 Å². The van der Waals surface area contributed by atoms with E-state index < -0.39 is 16.0 Å². The molecule has 1 aromatic rings. The Morgan fingerprint density at radius 3 is 2.63 bits per heavy atom. The predicted octanol–water partition coefficient (Wildman–Crippen LogP) is 0.309. The molecule has 0 saturated heterocycles. The van der Waals surface area contributed by atoms with E-state index in [0.29, 0.717) is 0 Å². The number of rotatable bonds is 4. The van der Waals surface area contributed by atoms with Gasteiger partial charge in [-0.25, -0.2) is 13.2 Å². The summed E-state index contributed by atoms with van der Waals surface area (Å²) in [7, 11) is -1.19. The Kier molecular flexibility index (Phi) is 4.53. The molecule has 0 aromatic heterocycles. The van der Waals surface area contributed by atoms with Crippen LogP contribution in [0.15, 0.2) is 23.1 Å². The number of ether oxygens (including phenoxy) is 1. The van der Waals surface area contributed by atoms with Crippen LogP contribution in [0.1, 0.15) is 10.4 Å². The second-order valence-corrected chi connectivity index (χ2v) is 5.72. The summed E-state index contributed by atoms with van der Waals surface area (Å²) in [6.45, 7) is -0.0689. The molecule has 0 amide bonds. The zero-order valence-corrected chi connectivity index (χ0v) is 11.4. The van der Waals surface area contributed by atoms with Crippen LogP contribution in [0.25, 0.3) is 0 Å². The Labute approximate surface area is 112 Å². The number of terminal acetylenes is 1. The first-order chi connectivity index (χ1) is 8.84. The van der Waals surface area contributed by atoms with Crippen LogP contribution in [0.3, 0.4) is 0 Å². The molecule has 2 N–H and O–H groups in total. The molecule has 6 nitrogen and oxygen atoms in total. The molecule has 7 heteroatoms. The lowest BCUT2D eigenvalue weighted by molar-refractivity contribution is 0.0600. The van der Waals surface area contributed by atoms with Gasteiger partial charge in [0.2, 0.25) is 10.0 Å². The van der Waals surface area contributed by atoms with Crippen LogP contribution >= 0.6 is 0 Å². The average molecular weight is 282 g/mol. The smallest absolute Gasteiger partial charge is 0.337 e. The number of methoxy groups -OCH3 is 1. The molecular weight excluding hydrogens is 268 g/mol. The first kappa shape index (κ1) is 15.0. The number of esters is 1. The monoisotopic (exact) mass is 282 g/mol. The number of nitrogens with two attached hydrogens (primary N) is 1. The van der Waals surface area contributed by atoms with Crippen molar-refractivity contribution >= 4 is 21.7 Å². The third kappa shape index (κ3) is 3.05. The largest absolute Gasteiger partial charge is 0.465 e. The molecule has 0 aliphatic heterocycles. The number of hydrogen-bond donors (Lipinski definition) is 1. The van der Waals surface area contributed by atoms with Crippen molar-refractivity contribution in [1.29, 1.82) is 0 Å². The minimum Gasteiger partial charge on any atom is -0.465 e. The Bertz CT molecular complexity index is 632. The fourth-order valence-corrected chi connectivity index (χ4v) is 2.59. The minimum atomic E-state index is -3.77. The number of benzene rings is 1. The molecule has 0 spiro atoms. The lowest BCUT2D eigenvalue weighted by Gasteiger charge is -2.16. The first-order valence-corrected chi connectivity index (χ1v) is 6.66. The molecule has 0 aliphatic rings. The van der Waals surface area contributed by atoms with Crippen molar-refractivity contribution in [1.82, 2.24) is 4.31 Å². The summed E-state index contributed by atoms with van der Waals surface area (Å²) in [5.74, 6) is 1.64. The number of sulfonamides is 1. The lowest BCUT2D eigenvalue weighted by atomic mass is 10.2. The van der Waals surface area contributed by atoms with Crippen molar-refractivity contribution in [3.63, 3.8) is 0 Å². The molecule has 0 heterocycles. The van der Waals surface area contributed by atoms with Gasteiger partial charge in [-0.15, -0.1) is 6.42 Å². The van der Waals surface area contributed by atoms with E-state index in [1.54, 1.807) is 0 Å². The zero-order valence-electron chi connectivity index (χ0n) is 10.6. The Morgan fingerprint density at radius 2 is 2.16 bits per heavy atom. The summed E-state index contributed by atoms with van der Waals surface area (Å²) in [4.78, 5) is 11.2. The van der Waals surface area contributed by atoms with Gasteiger partial charge in [-0.3, -0.25) is 0 Å². The Morgan fingerprint density at radius 1 is 1.53 bits per heavy atom. The van der Waals surface area contributed by atoms with Crippen LogP contribution < -0.4 is 5.73 Å². The maximum absolute atomic E-state index is 12.1. The molecule has 0 bridgehead atoms. The molecule has 1 rings (SSSR count). The van der Waals surface area contributed by atoms with Crippen molar-refractivity contribution in [2.75, 3.05) is 26.4 Å². The SMILES string of the molecule is C#CCN(C)S(=O)(=O)c1ccc(C(=O)OC)cc1N. The van der Waals surface area contributed by atoms with E-state index in [2.05, 4.69) is 10.7 Å². The van der Waals surface area contributed by atoms with Crippen molar-refractivity contribution in [2.45, 2.75) is 4.90 Å². The maximum atomic E-state index is 12.1. The van der Waals surface area contributed by atoms with Gasteiger partial charge in [0.15, 0.2) is 0 Å². The van der Waals surface area contributed by atoms with Gasteiger partial charge in [0.25, 0.3) is 0 Å². The number of nitrogens with zero attached hydrogens (tertiary/aromatic N) is 1. The van der Waals surface area contributed by atoms with Gasteiger partial charge in [0.05, 0.1) is 24.9 Å². The highest BCUT2D eigenvalue weighted by Crippen LogP contribution is 2.23. The van der Waals surface area contributed by atoms with Gasteiger partial charge in [-0.1, -0.05) is 5.92 Å². The van der Waals surface area contributed by atoms with Crippen LogP contribution in [0, 0.1) is 12.3 Å². The molecular formula is C12H14N2O4S. The van der Waals surface area contributed by atoms with Gasteiger partial charge in [-0.2, -0.15) is 4.31 Å². The van der Waals surface area contributed by atoms with Crippen molar-refractivity contribution in [2.24, 2.45) is 0 Å². The van der Waals surface area contributed by atoms with Crippen LogP contribution in [-0.4, -0.2) is 39.4 Å². The maximum Gasteiger partial charge on any atom is 0.337 e. The summed E-state index contributed by atoms with van der Waals surface area (Å²) in [5.41, 5.74) is 5.81. The minimum absolute atomic E-state index is 0.0354. The lowest BCUT2D eigenvalue weighted by Crippen LogP contribution is -2.28. The molecule has 0 saturated carbocycles. The van der Waals surface area contributed by atoms with Gasteiger partial charge in [-0.05, 0) is 18.2 Å². The van der Waals surface area contributed by atoms with Crippen LogP contribution in [0.4, 0.5) is 5.69 Å². The number of carbonyl (C=O) groups is 1.